The van der Waals surface area contributed by atoms with E-state index in [4.69, 9.17) is 4.74 Å². The molecular weight excluding hydrogens is 306 g/mol. The predicted molar refractivity (Wildman–Crippen MR) is 92.3 cm³/mol. The first-order valence-electron chi connectivity index (χ1n) is 8.29. The van der Waals surface area contributed by atoms with Crippen LogP contribution in [0.1, 0.15) is 31.4 Å². The smallest absolute Gasteiger partial charge is 0.337 e. The van der Waals surface area contributed by atoms with E-state index in [0.29, 0.717) is 37.4 Å². The fraction of sp³-hybridized carbons (Fsp3) is 0.444. The third-order valence-electron chi connectivity index (χ3n) is 3.90. The molecule has 0 radical (unpaired) electrons. The lowest BCUT2D eigenvalue weighted by atomic mass is 10.00. The Kier molecular flexibility index (Phi) is 6.37. The molecule has 24 heavy (non-hydrogen) atoms. The molecule has 2 rings (SSSR count). The number of urea groups is 1. The topological polar surface area (TPSA) is 79.5 Å². The molecular formula is C18H25N3O3. The summed E-state index contributed by atoms with van der Waals surface area (Å²) < 4.78 is 5.14. The first kappa shape index (κ1) is 18.0. The fourth-order valence-electron chi connectivity index (χ4n) is 2.64. The van der Waals surface area contributed by atoms with Crippen molar-refractivity contribution in [2.24, 2.45) is 0 Å². The number of hydrogen-bond donors (Lipinski definition) is 3. The SMILES string of the molecule is CCOC(=O)C1=C(CNCc2ccc(C)cc2)NC(=O)N[C@H]1CC. The summed E-state index contributed by atoms with van der Waals surface area (Å²) in [6.45, 7) is 7.09. The summed E-state index contributed by atoms with van der Waals surface area (Å²) in [6, 6.07) is 7.60. The van der Waals surface area contributed by atoms with Gasteiger partial charge in [-0.25, -0.2) is 9.59 Å². The zero-order valence-electron chi connectivity index (χ0n) is 14.4. The minimum Gasteiger partial charge on any atom is -0.463 e. The number of nitrogens with one attached hydrogen (secondary N) is 3. The first-order valence-corrected chi connectivity index (χ1v) is 8.29. The molecule has 0 saturated carbocycles. The van der Waals surface area contributed by atoms with Gasteiger partial charge in [0.1, 0.15) is 0 Å². The van der Waals surface area contributed by atoms with Crippen LogP contribution in [-0.2, 0) is 16.1 Å². The molecule has 1 heterocycles. The maximum Gasteiger partial charge on any atom is 0.337 e. The lowest BCUT2D eigenvalue weighted by molar-refractivity contribution is -0.139. The highest BCUT2D eigenvalue weighted by Gasteiger charge is 2.31. The van der Waals surface area contributed by atoms with Crippen molar-refractivity contribution in [3.63, 3.8) is 0 Å². The van der Waals surface area contributed by atoms with Gasteiger partial charge in [-0.2, -0.15) is 0 Å². The molecule has 0 aromatic heterocycles. The number of aryl methyl sites for hydroxylation is 1. The first-order chi connectivity index (χ1) is 11.5. The zero-order chi connectivity index (χ0) is 17.5. The van der Waals surface area contributed by atoms with Crippen LogP contribution >= 0.6 is 0 Å². The maximum absolute atomic E-state index is 12.3. The van der Waals surface area contributed by atoms with Gasteiger partial charge in [0.25, 0.3) is 0 Å². The fourth-order valence-corrected chi connectivity index (χ4v) is 2.64. The van der Waals surface area contributed by atoms with E-state index in [1.807, 2.05) is 13.8 Å². The quantitative estimate of drug-likeness (QED) is 0.668. The number of carbonyl (C=O) groups excluding carboxylic acids is 2. The van der Waals surface area contributed by atoms with Gasteiger partial charge in [-0.1, -0.05) is 36.8 Å². The standard InChI is InChI=1S/C18H25N3O3/c1-4-14-16(17(22)24-5-2)15(21-18(23)20-14)11-19-10-13-8-6-12(3)7-9-13/h6-9,14,19H,4-5,10-11H2,1-3H3,(H2,20,21,23)/t14-/m0/s1. The van der Waals surface area contributed by atoms with Crippen molar-refractivity contribution in [2.75, 3.05) is 13.2 Å². The second-order valence-corrected chi connectivity index (χ2v) is 5.76. The van der Waals surface area contributed by atoms with Gasteiger partial charge in [-0.05, 0) is 25.8 Å². The lowest BCUT2D eigenvalue weighted by Gasteiger charge is -2.28. The molecule has 130 valence electrons. The molecule has 0 fully saturated rings. The van der Waals surface area contributed by atoms with E-state index in [-0.39, 0.29) is 18.0 Å². The van der Waals surface area contributed by atoms with Crippen LogP contribution < -0.4 is 16.0 Å². The number of ether oxygens (including phenoxy) is 1. The Morgan fingerprint density at radius 3 is 2.54 bits per heavy atom. The number of esters is 1. The van der Waals surface area contributed by atoms with Crippen LogP contribution in [0.5, 0.6) is 0 Å². The molecule has 1 aromatic carbocycles. The number of hydrogen-bond acceptors (Lipinski definition) is 4. The number of rotatable bonds is 7. The maximum atomic E-state index is 12.3. The van der Waals surface area contributed by atoms with Crippen LogP contribution in [0.15, 0.2) is 35.5 Å². The summed E-state index contributed by atoms with van der Waals surface area (Å²) >= 11 is 0. The van der Waals surface area contributed by atoms with Crippen molar-refractivity contribution in [1.29, 1.82) is 0 Å². The van der Waals surface area contributed by atoms with Gasteiger partial charge >= 0.3 is 12.0 Å². The Hall–Kier alpha value is -2.34. The zero-order valence-corrected chi connectivity index (χ0v) is 14.4. The molecule has 6 nitrogen and oxygen atoms in total. The molecule has 0 unspecified atom stereocenters. The van der Waals surface area contributed by atoms with Gasteiger partial charge in [0.15, 0.2) is 0 Å². The molecule has 3 N–H and O–H groups in total. The molecule has 1 atom stereocenters. The molecule has 0 saturated heterocycles. The number of benzene rings is 1. The Bertz CT molecular complexity index is 623. The highest BCUT2D eigenvalue weighted by molar-refractivity contribution is 5.94. The van der Waals surface area contributed by atoms with E-state index in [9.17, 15) is 9.59 Å². The Labute approximate surface area is 142 Å². The molecule has 0 spiro atoms. The second-order valence-electron chi connectivity index (χ2n) is 5.76. The van der Waals surface area contributed by atoms with Gasteiger partial charge in [0.2, 0.25) is 0 Å². The van der Waals surface area contributed by atoms with Crippen molar-refractivity contribution >= 4 is 12.0 Å². The van der Waals surface area contributed by atoms with Crippen LogP contribution in [-0.4, -0.2) is 31.2 Å². The molecule has 1 aliphatic heterocycles. The molecule has 2 amide bonds. The van der Waals surface area contributed by atoms with E-state index in [0.717, 1.165) is 5.56 Å². The normalized spacial score (nSPS) is 17.3. The van der Waals surface area contributed by atoms with Crippen LogP contribution in [0.4, 0.5) is 4.79 Å². The Morgan fingerprint density at radius 2 is 1.92 bits per heavy atom. The van der Waals surface area contributed by atoms with Crippen LogP contribution in [0.25, 0.3) is 0 Å². The van der Waals surface area contributed by atoms with E-state index in [2.05, 4.69) is 40.2 Å². The summed E-state index contributed by atoms with van der Waals surface area (Å²) in [5.74, 6) is -0.385. The summed E-state index contributed by atoms with van der Waals surface area (Å²) in [5.41, 5.74) is 3.43. The molecule has 1 aromatic rings. The van der Waals surface area contributed by atoms with Crippen molar-refractivity contribution in [3.05, 3.63) is 46.7 Å². The van der Waals surface area contributed by atoms with Crippen LogP contribution in [0, 0.1) is 6.92 Å². The van der Waals surface area contributed by atoms with Crippen LogP contribution in [0.3, 0.4) is 0 Å². The highest BCUT2D eigenvalue weighted by atomic mass is 16.5. The van der Waals surface area contributed by atoms with Crippen molar-refractivity contribution < 1.29 is 14.3 Å². The third kappa shape index (κ3) is 4.58. The monoisotopic (exact) mass is 331 g/mol. The van der Waals surface area contributed by atoms with Gasteiger partial charge < -0.3 is 20.7 Å². The van der Waals surface area contributed by atoms with Gasteiger partial charge in [0.05, 0.1) is 18.2 Å². The minimum absolute atomic E-state index is 0.290. The average molecular weight is 331 g/mol. The molecule has 0 bridgehead atoms. The predicted octanol–water partition coefficient (Wildman–Crippen LogP) is 1.99. The minimum atomic E-state index is -0.385. The van der Waals surface area contributed by atoms with Crippen molar-refractivity contribution in [3.8, 4) is 0 Å². The summed E-state index contributed by atoms with van der Waals surface area (Å²) in [7, 11) is 0. The van der Waals surface area contributed by atoms with Crippen molar-refractivity contribution in [1.82, 2.24) is 16.0 Å². The van der Waals surface area contributed by atoms with Crippen LogP contribution in [0.2, 0.25) is 0 Å². The number of amides is 2. The Morgan fingerprint density at radius 1 is 1.21 bits per heavy atom. The van der Waals surface area contributed by atoms with E-state index >= 15 is 0 Å². The molecule has 6 heteroatoms. The van der Waals surface area contributed by atoms with E-state index < -0.39 is 0 Å². The highest BCUT2D eigenvalue weighted by Crippen LogP contribution is 2.16. The average Bonchev–Trinajstić information content (AvgIpc) is 2.56. The summed E-state index contributed by atoms with van der Waals surface area (Å²) in [4.78, 5) is 24.1. The lowest BCUT2D eigenvalue weighted by Crippen LogP contribution is -2.51. The van der Waals surface area contributed by atoms with E-state index in [1.54, 1.807) is 6.92 Å². The van der Waals surface area contributed by atoms with Gasteiger partial charge in [-0.15, -0.1) is 0 Å². The van der Waals surface area contributed by atoms with Crippen molar-refractivity contribution in [2.45, 2.75) is 39.8 Å². The second kappa shape index (κ2) is 8.49. The third-order valence-corrected chi connectivity index (χ3v) is 3.90. The Balaban J connectivity index is 2.10. The molecule has 0 aliphatic carbocycles. The molecule has 1 aliphatic rings. The van der Waals surface area contributed by atoms with Gasteiger partial charge in [0, 0.05) is 18.8 Å². The van der Waals surface area contributed by atoms with E-state index in [1.165, 1.54) is 5.56 Å². The van der Waals surface area contributed by atoms with Gasteiger partial charge in [-0.3, -0.25) is 0 Å². The summed E-state index contributed by atoms with van der Waals surface area (Å²) in [6.07, 6.45) is 0.628. The summed E-state index contributed by atoms with van der Waals surface area (Å²) in [5, 5.41) is 8.77. The largest absolute Gasteiger partial charge is 0.463 e. The number of carbonyl (C=O) groups is 2.